The Morgan fingerprint density at radius 3 is 2.62 bits per heavy atom. The van der Waals surface area contributed by atoms with Crippen LogP contribution in [0.3, 0.4) is 0 Å². The van der Waals surface area contributed by atoms with Gasteiger partial charge in [0, 0.05) is 6.20 Å². The summed E-state index contributed by atoms with van der Waals surface area (Å²) in [4.78, 5) is 30.9. The lowest BCUT2D eigenvalue weighted by Crippen LogP contribution is -2.43. The number of nitrogens with zero attached hydrogens (tertiary/aromatic N) is 2. The minimum Gasteiger partial charge on any atom is -0.489 e. The number of fused-ring (bicyclic) bond motifs is 1. The number of para-hydroxylation sites is 2. The van der Waals surface area contributed by atoms with Crippen LogP contribution in [0.25, 0.3) is 0 Å². The van der Waals surface area contributed by atoms with E-state index in [1.54, 1.807) is 17.0 Å². The van der Waals surface area contributed by atoms with Crippen LogP contribution in [0, 0.1) is 0 Å². The Hall–Kier alpha value is -3.38. The number of ether oxygens (including phenoxy) is 2. The van der Waals surface area contributed by atoms with E-state index in [0.29, 0.717) is 18.0 Å². The van der Waals surface area contributed by atoms with Crippen molar-refractivity contribution in [2.24, 2.45) is 0 Å². The van der Waals surface area contributed by atoms with E-state index in [4.69, 9.17) is 21.1 Å². The molecule has 29 heavy (non-hydrogen) atoms. The van der Waals surface area contributed by atoms with Crippen LogP contribution in [-0.4, -0.2) is 30.1 Å². The lowest BCUT2D eigenvalue weighted by atomic mass is 10.0. The summed E-state index contributed by atoms with van der Waals surface area (Å²) in [5.41, 5.74) is 1.67. The van der Waals surface area contributed by atoms with E-state index in [1.165, 1.54) is 12.3 Å². The predicted molar refractivity (Wildman–Crippen MR) is 108 cm³/mol. The molecule has 7 heteroatoms. The van der Waals surface area contributed by atoms with E-state index in [2.05, 4.69) is 4.98 Å². The van der Waals surface area contributed by atoms with Gasteiger partial charge < -0.3 is 9.47 Å². The molecule has 1 aliphatic heterocycles. The number of hydrogen-bond acceptors (Lipinski definition) is 5. The van der Waals surface area contributed by atoms with Crippen molar-refractivity contribution in [3.63, 3.8) is 0 Å². The zero-order chi connectivity index (χ0) is 20.2. The van der Waals surface area contributed by atoms with Gasteiger partial charge in [-0.3, -0.25) is 9.69 Å². The number of carbonyl (C=O) groups is 2. The summed E-state index contributed by atoms with van der Waals surface area (Å²) < 4.78 is 11.1. The number of hydrogen-bond donors (Lipinski definition) is 0. The Labute approximate surface area is 172 Å². The lowest BCUT2D eigenvalue weighted by Gasteiger charge is -2.37. The number of carbonyl (C=O) groups excluding carboxylic acids is 2. The molecule has 0 saturated carbocycles. The monoisotopic (exact) mass is 408 g/mol. The Balaban J connectivity index is 1.58. The highest BCUT2D eigenvalue weighted by atomic mass is 35.5. The third-order valence-electron chi connectivity index (χ3n) is 4.59. The number of benzene rings is 2. The second-order valence-corrected chi connectivity index (χ2v) is 6.74. The second-order valence-electron chi connectivity index (χ2n) is 6.39. The SMILES string of the molecule is O=C(OCC(=O)N1c2ccccc2OC[C@H]1c1ccccc1)c1cccnc1Cl. The fourth-order valence-electron chi connectivity index (χ4n) is 3.23. The third kappa shape index (κ3) is 3.93. The van der Waals surface area contributed by atoms with Gasteiger partial charge in [0.2, 0.25) is 0 Å². The highest BCUT2D eigenvalue weighted by Gasteiger charge is 2.33. The van der Waals surface area contributed by atoms with E-state index in [0.717, 1.165) is 5.56 Å². The third-order valence-corrected chi connectivity index (χ3v) is 4.89. The Kier molecular flexibility index (Phi) is 5.44. The molecule has 4 rings (SSSR count). The van der Waals surface area contributed by atoms with Gasteiger partial charge in [-0.2, -0.15) is 0 Å². The molecule has 0 unspecified atom stereocenters. The maximum atomic E-state index is 13.1. The molecule has 2 aromatic carbocycles. The number of anilines is 1. The largest absolute Gasteiger partial charge is 0.489 e. The maximum Gasteiger partial charge on any atom is 0.341 e. The zero-order valence-corrected chi connectivity index (χ0v) is 16.1. The van der Waals surface area contributed by atoms with Crippen LogP contribution in [0.15, 0.2) is 72.9 Å². The normalized spacial score (nSPS) is 15.2. The van der Waals surface area contributed by atoms with Crippen LogP contribution in [0.5, 0.6) is 5.75 Å². The molecule has 0 bridgehead atoms. The van der Waals surface area contributed by atoms with Crippen molar-refractivity contribution in [1.29, 1.82) is 0 Å². The van der Waals surface area contributed by atoms with E-state index in [1.807, 2.05) is 48.5 Å². The highest BCUT2D eigenvalue weighted by molar-refractivity contribution is 6.32. The van der Waals surface area contributed by atoms with Gasteiger partial charge in [-0.05, 0) is 29.8 Å². The topological polar surface area (TPSA) is 68.7 Å². The molecule has 0 N–H and O–H groups in total. The molecule has 1 amide bonds. The standard InChI is InChI=1S/C22H17ClN2O4/c23-21-16(9-6-12-24-21)22(27)29-14-20(26)25-17-10-4-5-11-19(17)28-13-18(25)15-7-2-1-3-8-15/h1-12,18H,13-14H2/t18-/m0/s1. The molecule has 0 fully saturated rings. The fourth-order valence-corrected chi connectivity index (χ4v) is 3.43. The zero-order valence-electron chi connectivity index (χ0n) is 15.3. The minimum atomic E-state index is -0.700. The van der Waals surface area contributed by atoms with Gasteiger partial charge in [-0.25, -0.2) is 9.78 Å². The first-order valence-corrected chi connectivity index (χ1v) is 9.39. The van der Waals surface area contributed by atoms with Gasteiger partial charge in [0.25, 0.3) is 5.91 Å². The Morgan fingerprint density at radius 1 is 1.07 bits per heavy atom. The van der Waals surface area contributed by atoms with Gasteiger partial charge in [-0.15, -0.1) is 0 Å². The first-order chi connectivity index (χ1) is 14.1. The van der Waals surface area contributed by atoms with Crippen molar-refractivity contribution < 1.29 is 19.1 Å². The number of amides is 1. The average Bonchev–Trinajstić information content (AvgIpc) is 2.77. The number of esters is 1. The molecule has 0 spiro atoms. The molecular formula is C22H17ClN2O4. The first-order valence-electron chi connectivity index (χ1n) is 9.01. The maximum absolute atomic E-state index is 13.1. The van der Waals surface area contributed by atoms with E-state index in [9.17, 15) is 9.59 Å². The number of pyridine rings is 1. The molecule has 2 heterocycles. The minimum absolute atomic E-state index is 0.0313. The van der Waals surface area contributed by atoms with Crippen molar-refractivity contribution in [1.82, 2.24) is 4.98 Å². The molecule has 6 nitrogen and oxygen atoms in total. The molecule has 1 aromatic heterocycles. The van der Waals surface area contributed by atoms with Crippen LogP contribution >= 0.6 is 11.6 Å². The quantitative estimate of drug-likeness (QED) is 0.481. The van der Waals surface area contributed by atoms with E-state index >= 15 is 0 Å². The highest BCUT2D eigenvalue weighted by Crippen LogP contribution is 2.39. The molecular weight excluding hydrogens is 392 g/mol. The summed E-state index contributed by atoms with van der Waals surface area (Å²) in [6.45, 7) is -0.128. The van der Waals surface area contributed by atoms with Crippen molar-refractivity contribution in [3.05, 3.63) is 89.2 Å². The van der Waals surface area contributed by atoms with Crippen LogP contribution in [0.1, 0.15) is 22.0 Å². The van der Waals surface area contributed by atoms with Crippen LogP contribution in [-0.2, 0) is 9.53 Å². The van der Waals surface area contributed by atoms with Crippen molar-refractivity contribution >= 4 is 29.2 Å². The van der Waals surface area contributed by atoms with Crippen molar-refractivity contribution in [3.8, 4) is 5.75 Å². The lowest BCUT2D eigenvalue weighted by molar-refractivity contribution is -0.122. The Bertz CT molecular complexity index is 1040. The fraction of sp³-hybridized carbons (Fsp3) is 0.136. The van der Waals surface area contributed by atoms with E-state index in [-0.39, 0.29) is 22.7 Å². The van der Waals surface area contributed by atoms with Crippen LogP contribution in [0.2, 0.25) is 5.15 Å². The van der Waals surface area contributed by atoms with Crippen LogP contribution < -0.4 is 9.64 Å². The summed E-state index contributed by atoms with van der Waals surface area (Å²) in [6, 6.07) is 19.6. The Morgan fingerprint density at radius 2 is 1.83 bits per heavy atom. The summed E-state index contributed by atoms with van der Waals surface area (Å²) in [6.07, 6.45) is 1.47. The summed E-state index contributed by atoms with van der Waals surface area (Å²) in [5.74, 6) is -0.452. The van der Waals surface area contributed by atoms with Gasteiger partial charge in [0.15, 0.2) is 6.61 Å². The van der Waals surface area contributed by atoms with Gasteiger partial charge in [0.1, 0.15) is 17.5 Å². The molecule has 0 radical (unpaired) electrons. The first kappa shape index (κ1) is 19.0. The van der Waals surface area contributed by atoms with Crippen LogP contribution in [0.4, 0.5) is 5.69 Å². The predicted octanol–water partition coefficient (Wildman–Crippen LogP) is 4.06. The average molecular weight is 409 g/mol. The van der Waals surface area contributed by atoms with Crippen molar-refractivity contribution in [2.45, 2.75) is 6.04 Å². The van der Waals surface area contributed by atoms with Gasteiger partial charge >= 0.3 is 5.97 Å². The van der Waals surface area contributed by atoms with Gasteiger partial charge in [-0.1, -0.05) is 54.1 Å². The second kappa shape index (κ2) is 8.32. The molecule has 3 aromatic rings. The molecule has 146 valence electrons. The van der Waals surface area contributed by atoms with Crippen molar-refractivity contribution in [2.75, 3.05) is 18.1 Å². The van der Waals surface area contributed by atoms with E-state index < -0.39 is 12.6 Å². The summed E-state index contributed by atoms with van der Waals surface area (Å²) >= 11 is 5.93. The van der Waals surface area contributed by atoms with Gasteiger partial charge in [0.05, 0.1) is 17.3 Å². The summed E-state index contributed by atoms with van der Waals surface area (Å²) in [5, 5.41) is 0.0313. The number of halogens is 1. The smallest absolute Gasteiger partial charge is 0.341 e. The molecule has 1 atom stereocenters. The molecule has 0 aliphatic carbocycles. The molecule has 1 aliphatic rings. The summed E-state index contributed by atoms with van der Waals surface area (Å²) in [7, 11) is 0. The molecule has 0 saturated heterocycles. The number of aromatic nitrogens is 1. The number of rotatable bonds is 4.